The van der Waals surface area contributed by atoms with Crippen LogP contribution in [0.2, 0.25) is 0 Å². The molecule has 2 atom stereocenters. The third-order valence-corrected chi connectivity index (χ3v) is 1.90. The number of methoxy groups -OCH3 is 1. The van der Waals surface area contributed by atoms with Crippen LogP contribution in [0.5, 0.6) is 0 Å². The summed E-state index contributed by atoms with van der Waals surface area (Å²) in [4.78, 5) is 32.8. The molecule has 1 amide bonds. The van der Waals surface area contributed by atoms with Crippen molar-refractivity contribution in [1.82, 2.24) is 10.6 Å². The van der Waals surface area contributed by atoms with Crippen LogP contribution >= 0.6 is 0 Å². The van der Waals surface area contributed by atoms with Gasteiger partial charge < -0.3 is 19.9 Å². The highest BCUT2D eigenvalue weighted by Gasteiger charge is 2.30. The van der Waals surface area contributed by atoms with E-state index in [1.165, 1.54) is 7.11 Å². The Morgan fingerprint density at radius 1 is 1.41 bits per heavy atom. The largest absolute Gasteiger partial charge is 0.466 e. The van der Waals surface area contributed by atoms with Gasteiger partial charge in [0, 0.05) is 12.2 Å². The summed E-state index contributed by atoms with van der Waals surface area (Å²) in [5, 5.41) is 13.6. The molecule has 0 aromatic carbocycles. The number of hydrogen-bond acceptors (Lipinski definition) is 7. The molecule has 94 valence electrons. The Balaban J connectivity index is 2.31. The van der Waals surface area contributed by atoms with E-state index in [0.717, 1.165) is 12.2 Å². The van der Waals surface area contributed by atoms with Gasteiger partial charge >= 0.3 is 11.9 Å². The molecule has 8 heteroatoms. The number of ether oxygens (including phenoxy) is 2. The molecule has 0 saturated carbocycles. The molecule has 0 aliphatic carbocycles. The first-order valence-electron chi connectivity index (χ1n) is 4.70. The average molecular weight is 244 g/mol. The molecular formula is C9H12N2O6. The molecule has 1 fully saturated rings. The van der Waals surface area contributed by atoms with E-state index in [9.17, 15) is 14.4 Å². The number of carbonyl (C=O) groups is 3. The maximum atomic E-state index is 11.1. The van der Waals surface area contributed by atoms with Crippen LogP contribution in [-0.4, -0.2) is 49.1 Å². The van der Waals surface area contributed by atoms with E-state index in [2.05, 4.69) is 20.1 Å². The smallest absolute Gasteiger partial charge is 0.331 e. The molecule has 1 unspecified atom stereocenters. The second-order valence-corrected chi connectivity index (χ2v) is 3.12. The van der Waals surface area contributed by atoms with Crippen molar-refractivity contribution in [2.24, 2.45) is 0 Å². The van der Waals surface area contributed by atoms with Gasteiger partial charge in [0.2, 0.25) is 5.91 Å². The van der Waals surface area contributed by atoms with Crippen molar-refractivity contribution in [2.75, 3.05) is 13.7 Å². The Morgan fingerprint density at radius 2 is 2.06 bits per heavy atom. The number of aliphatic hydroxyl groups is 1. The van der Waals surface area contributed by atoms with Gasteiger partial charge in [-0.25, -0.2) is 9.59 Å². The van der Waals surface area contributed by atoms with Gasteiger partial charge in [-0.2, -0.15) is 0 Å². The zero-order valence-electron chi connectivity index (χ0n) is 9.00. The summed E-state index contributed by atoms with van der Waals surface area (Å²) >= 11 is 0. The predicted octanol–water partition coefficient (Wildman–Crippen LogP) is -2.38. The van der Waals surface area contributed by atoms with Gasteiger partial charge in [0.05, 0.1) is 7.11 Å². The predicted molar refractivity (Wildman–Crippen MR) is 53.2 cm³/mol. The summed E-state index contributed by atoms with van der Waals surface area (Å²) in [5.74, 6) is -1.94. The van der Waals surface area contributed by atoms with Crippen molar-refractivity contribution in [2.45, 2.75) is 12.4 Å². The summed E-state index contributed by atoms with van der Waals surface area (Å²) < 4.78 is 8.94. The second kappa shape index (κ2) is 5.97. The first-order valence-corrected chi connectivity index (χ1v) is 4.70. The summed E-state index contributed by atoms with van der Waals surface area (Å²) in [5.41, 5.74) is 0. The fraction of sp³-hybridized carbons (Fsp3) is 0.444. The van der Waals surface area contributed by atoms with Gasteiger partial charge in [-0.1, -0.05) is 0 Å². The lowest BCUT2D eigenvalue weighted by atomic mass is 10.3. The fourth-order valence-electron chi connectivity index (χ4n) is 1.08. The Kier molecular flexibility index (Phi) is 4.61. The van der Waals surface area contributed by atoms with E-state index in [1.54, 1.807) is 0 Å². The summed E-state index contributed by atoms with van der Waals surface area (Å²) in [7, 11) is 1.17. The number of esters is 2. The molecular weight excluding hydrogens is 232 g/mol. The molecule has 1 heterocycles. The summed E-state index contributed by atoms with van der Waals surface area (Å²) in [6, 6.07) is -0.805. The van der Waals surface area contributed by atoms with Crippen molar-refractivity contribution >= 4 is 17.8 Å². The highest BCUT2D eigenvalue weighted by molar-refractivity contribution is 5.92. The highest BCUT2D eigenvalue weighted by atomic mass is 16.5. The quantitative estimate of drug-likeness (QED) is 0.374. The highest BCUT2D eigenvalue weighted by Crippen LogP contribution is 1.96. The van der Waals surface area contributed by atoms with Gasteiger partial charge in [-0.15, -0.1) is 0 Å². The van der Waals surface area contributed by atoms with Gasteiger partial charge in [-0.05, 0) is 0 Å². The van der Waals surface area contributed by atoms with Crippen LogP contribution in [0, 0.1) is 0 Å². The zero-order valence-corrected chi connectivity index (χ0v) is 9.00. The van der Waals surface area contributed by atoms with Crippen molar-refractivity contribution in [1.29, 1.82) is 0 Å². The van der Waals surface area contributed by atoms with Crippen molar-refractivity contribution < 1.29 is 29.0 Å². The third-order valence-electron chi connectivity index (χ3n) is 1.90. The summed E-state index contributed by atoms with van der Waals surface area (Å²) in [6.45, 7) is -0.243. The molecule has 0 bridgehead atoms. The molecule has 0 radical (unpaired) electrons. The Bertz CT molecular complexity index is 353. The number of amides is 1. The number of nitrogens with one attached hydrogen (secondary N) is 2. The summed E-state index contributed by atoms with van der Waals surface area (Å²) in [6.07, 6.45) is 0.644. The third kappa shape index (κ3) is 4.21. The minimum atomic E-state index is -1.14. The van der Waals surface area contributed by atoms with Crippen LogP contribution in [0.4, 0.5) is 0 Å². The molecule has 1 saturated heterocycles. The standard InChI is InChI=1S/C9H12N2O6/c1-16-6(12)2-3-7(13)17-4-5-8(14)11-9(15)10-5/h2-3,5,9-10,15H,4H2,1H3,(H,11,14)/b3-2+/t5-,9?/m0/s1. The fourth-order valence-corrected chi connectivity index (χ4v) is 1.08. The average Bonchev–Trinajstić information content (AvgIpc) is 2.62. The van der Waals surface area contributed by atoms with Crippen LogP contribution in [0.3, 0.4) is 0 Å². The van der Waals surface area contributed by atoms with Gasteiger partial charge in [0.15, 0.2) is 6.35 Å². The normalized spacial score (nSPS) is 23.5. The maximum absolute atomic E-state index is 11.1. The topological polar surface area (TPSA) is 114 Å². The Labute approximate surface area is 96.6 Å². The number of carbonyl (C=O) groups excluding carboxylic acids is 3. The minimum Gasteiger partial charge on any atom is -0.466 e. The van der Waals surface area contributed by atoms with E-state index in [1.807, 2.05) is 0 Å². The van der Waals surface area contributed by atoms with Crippen molar-refractivity contribution in [3.63, 3.8) is 0 Å². The zero-order chi connectivity index (χ0) is 12.8. The molecule has 1 aliphatic heterocycles. The van der Waals surface area contributed by atoms with Crippen LogP contribution in [-0.2, 0) is 23.9 Å². The van der Waals surface area contributed by atoms with Crippen molar-refractivity contribution in [3.05, 3.63) is 12.2 Å². The Morgan fingerprint density at radius 3 is 2.59 bits per heavy atom. The van der Waals surface area contributed by atoms with Crippen LogP contribution < -0.4 is 10.6 Å². The molecule has 17 heavy (non-hydrogen) atoms. The van der Waals surface area contributed by atoms with Crippen molar-refractivity contribution in [3.8, 4) is 0 Å². The van der Waals surface area contributed by atoms with E-state index in [4.69, 9.17) is 5.11 Å². The first kappa shape index (κ1) is 13.1. The first-order chi connectivity index (χ1) is 8.02. The molecule has 0 spiro atoms. The van der Waals surface area contributed by atoms with E-state index in [0.29, 0.717) is 0 Å². The van der Waals surface area contributed by atoms with E-state index >= 15 is 0 Å². The molecule has 1 rings (SSSR count). The van der Waals surface area contributed by atoms with E-state index in [-0.39, 0.29) is 6.61 Å². The molecule has 0 aromatic rings. The SMILES string of the molecule is COC(=O)/C=C/C(=O)OC[C@@H]1NC(O)NC1=O. The number of aliphatic hydroxyl groups excluding tert-OH is 1. The number of rotatable bonds is 4. The van der Waals surface area contributed by atoms with Gasteiger partial charge in [0.25, 0.3) is 0 Å². The molecule has 0 aromatic heterocycles. The molecule has 1 aliphatic rings. The lowest BCUT2D eigenvalue weighted by molar-refractivity contribution is -0.140. The van der Waals surface area contributed by atoms with Crippen LogP contribution in [0.1, 0.15) is 0 Å². The van der Waals surface area contributed by atoms with Gasteiger partial charge in [0.1, 0.15) is 12.6 Å². The minimum absolute atomic E-state index is 0.243. The lowest BCUT2D eigenvalue weighted by Crippen LogP contribution is -2.36. The second-order valence-electron chi connectivity index (χ2n) is 3.12. The van der Waals surface area contributed by atoms with Crippen LogP contribution in [0.25, 0.3) is 0 Å². The maximum Gasteiger partial charge on any atom is 0.331 e. The van der Waals surface area contributed by atoms with Gasteiger partial charge in [-0.3, -0.25) is 10.1 Å². The monoisotopic (exact) mass is 244 g/mol. The Hall–Kier alpha value is -1.93. The number of hydrogen-bond donors (Lipinski definition) is 3. The molecule has 8 nitrogen and oxygen atoms in total. The lowest BCUT2D eigenvalue weighted by Gasteiger charge is -2.07. The van der Waals surface area contributed by atoms with E-state index < -0.39 is 30.2 Å². The van der Waals surface area contributed by atoms with Crippen LogP contribution in [0.15, 0.2) is 12.2 Å². The molecule has 3 N–H and O–H groups in total.